The van der Waals surface area contributed by atoms with Crippen LogP contribution in [-0.2, 0) is 11.8 Å². The molecule has 1 aromatic rings. The average Bonchev–Trinajstić information content (AvgIpc) is 2.78. The lowest BCUT2D eigenvalue weighted by atomic mass is 9.94. The van der Waals surface area contributed by atoms with Crippen molar-refractivity contribution >= 4 is 11.8 Å². The lowest BCUT2D eigenvalue weighted by molar-refractivity contribution is -0.122. The van der Waals surface area contributed by atoms with Gasteiger partial charge in [-0.15, -0.1) is 0 Å². The number of piperidine rings is 1. The summed E-state index contributed by atoms with van der Waals surface area (Å²) in [6, 6.07) is 3.42. The Morgan fingerprint density at radius 3 is 2.60 bits per heavy atom. The summed E-state index contributed by atoms with van der Waals surface area (Å²) in [6.45, 7) is 3.33. The van der Waals surface area contributed by atoms with Gasteiger partial charge in [-0.05, 0) is 31.9 Å². The van der Waals surface area contributed by atoms with Gasteiger partial charge in [-0.1, -0.05) is 0 Å². The molecule has 0 saturated carbocycles. The molecule has 2 heterocycles. The van der Waals surface area contributed by atoms with Crippen LogP contribution in [0.4, 0.5) is 0 Å². The normalized spacial score (nSPS) is 18.8. The molecular weight excluding hydrogens is 258 g/mol. The molecule has 2 amide bonds. The first-order valence-corrected chi connectivity index (χ1v) is 6.78. The lowest BCUT2D eigenvalue weighted by Gasteiger charge is -2.35. The summed E-state index contributed by atoms with van der Waals surface area (Å²) < 4.78 is 1.67. The van der Waals surface area contributed by atoms with Crippen LogP contribution in [0.15, 0.2) is 18.3 Å². The number of likely N-dealkylation sites (tertiary alicyclic amines) is 1. The number of imide groups is 1. The van der Waals surface area contributed by atoms with E-state index in [1.165, 1.54) is 0 Å². The van der Waals surface area contributed by atoms with Crippen molar-refractivity contribution in [3.05, 3.63) is 24.0 Å². The third-order valence-electron chi connectivity index (χ3n) is 3.73. The van der Waals surface area contributed by atoms with Crippen LogP contribution in [0, 0.1) is 0 Å². The molecule has 1 aliphatic heterocycles. The quantitative estimate of drug-likeness (QED) is 0.824. The fraction of sp³-hybridized carbons (Fsp3) is 0.571. The first-order chi connectivity index (χ1) is 9.37. The Bertz CT molecular complexity index is 498. The minimum atomic E-state index is -0.633. The highest BCUT2D eigenvalue weighted by Crippen LogP contribution is 2.20. The van der Waals surface area contributed by atoms with Gasteiger partial charge in [-0.25, -0.2) is 0 Å². The van der Waals surface area contributed by atoms with Crippen molar-refractivity contribution in [2.24, 2.45) is 7.05 Å². The van der Waals surface area contributed by atoms with Crippen LogP contribution in [0.2, 0.25) is 0 Å². The lowest BCUT2D eigenvalue weighted by Crippen LogP contribution is -2.47. The first kappa shape index (κ1) is 14.7. The third kappa shape index (κ3) is 3.68. The van der Waals surface area contributed by atoms with Crippen LogP contribution < -0.4 is 5.32 Å². The van der Waals surface area contributed by atoms with E-state index in [0.29, 0.717) is 31.6 Å². The van der Waals surface area contributed by atoms with Crippen molar-refractivity contribution < 1.29 is 14.7 Å². The van der Waals surface area contributed by atoms with Crippen molar-refractivity contribution in [2.45, 2.75) is 25.4 Å². The first-order valence-electron chi connectivity index (χ1n) is 6.78. The Morgan fingerprint density at radius 2 is 2.05 bits per heavy atom. The molecule has 20 heavy (non-hydrogen) atoms. The predicted octanol–water partition coefficient (Wildman–Crippen LogP) is 0.128. The topological polar surface area (TPSA) is 74.6 Å². The highest BCUT2D eigenvalue weighted by Gasteiger charge is 2.28. The second kappa shape index (κ2) is 5.76. The number of aryl methyl sites for hydroxylation is 1. The molecule has 0 atom stereocenters. The molecule has 1 aromatic heterocycles. The SMILES string of the molecule is Cn1cccc1C(=O)NC(=O)CN1CCC(C)(O)CC1. The largest absolute Gasteiger partial charge is 0.390 e. The van der Waals surface area contributed by atoms with E-state index >= 15 is 0 Å². The second-order valence-electron chi connectivity index (χ2n) is 5.65. The van der Waals surface area contributed by atoms with E-state index in [1.807, 2.05) is 11.8 Å². The molecule has 110 valence electrons. The number of aromatic nitrogens is 1. The van der Waals surface area contributed by atoms with Gasteiger partial charge in [0.05, 0.1) is 12.1 Å². The van der Waals surface area contributed by atoms with E-state index in [9.17, 15) is 14.7 Å². The maximum atomic E-state index is 11.9. The molecule has 0 spiro atoms. The molecule has 0 aromatic carbocycles. The van der Waals surface area contributed by atoms with Crippen LogP contribution in [-0.4, -0.2) is 51.6 Å². The van der Waals surface area contributed by atoms with E-state index in [-0.39, 0.29) is 18.4 Å². The van der Waals surface area contributed by atoms with Gasteiger partial charge >= 0.3 is 0 Å². The predicted molar refractivity (Wildman–Crippen MR) is 74.2 cm³/mol. The van der Waals surface area contributed by atoms with Gasteiger partial charge in [-0.2, -0.15) is 0 Å². The van der Waals surface area contributed by atoms with E-state index < -0.39 is 5.60 Å². The Labute approximate surface area is 118 Å². The van der Waals surface area contributed by atoms with Crippen LogP contribution in [0.1, 0.15) is 30.3 Å². The fourth-order valence-electron chi connectivity index (χ4n) is 2.32. The zero-order chi connectivity index (χ0) is 14.8. The highest BCUT2D eigenvalue weighted by molar-refractivity contribution is 6.04. The molecule has 1 aliphatic rings. The standard InChI is InChI=1S/C14H21N3O3/c1-14(20)5-8-17(9-6-14)10-12(18)15-13(19)11-4-3-7-16(11)2/h3-4,7,20H,5-6,8-10H2,1-2H3,(H,15,18,19). The molecule has 6 nitrogen and oxygen atoms in total. The number of hydrogen-bond donors (Lipinski definition) is 2. The maximum Gasteiger partial charge on any atom is 0.274 e. The summed E-state index contributed by atoms with van der Waals surface area (Å²) in [5.74, 6) is -0.691. The Balaban J connectivity index is 1.82. The molecule has 1 saturated heterocycles. The molecule has 0 aliphatic carbocycles. The van der Waals surface area contributed by atoms with Gasteiger partial charge < -0.3 is 9.67 Å². The van der Waals surface area contributed by atoms with Crippen molar-refractivity contribution in [3.8, 4) is 0 Å². The number of aliphatic hydroxyl groups is 1. The van der Waals surface area contributed by atoms with Crippen LogP contribution in [0.25, 0.3) is 0 Å². The number of hydrogen-bond acceptors (Lipinski definition) is 4. The summed E-state index contributed by atoms with van der Waals surface area (Å²) in [4.78, 5) is 25.7. The molecule has 1 fully saturated rings. The molecule has 2 N–H and O–H groups in total. The molecule has 0 bridgehead atoms. The molecule has 0 unspecified atom stereocenters. The summed E-state index contributed by atoms with van der Waals surface area (Å²) in [5.41, 5.74) is -0.175. The smallest absolute Gasteiger partial charge is 0.274 e. The van der Waals surface area contributed by atoms with E-state index in [0.717, 1.165) is 0 Å². The summed E-state index contributed by atoms with van der Waals surface area (Å²) >= 11 is 0. The minimum absolute atomic E-state index is 0.187. The second-order valence-corrected chi connectivity index (χ2v) is 5.65. The van der Waals surface area contributed by atoms with Gasteiger partial charge in [0, 0.05) is 26.3 Å². The van der Waals surface area contributed by atoms with Gasteiger partial charge in [0.1, 0.15) is 5.69 Å². The molecule has 0 radical (unpaired) electrons. The summed E-state index contributed by atoms with van der Waals surface area (Å²) in [6.07, 6.45) is 3.05. The van der Waals surface area contributed by atoms with E-state index in [2.05, 4.69) is 5.32 Å². The number of amides is 2. The zero-order valence-electron chi connectivity index (χ0n) is 11.9. The highest BCUT2D eigenvalue weighted by atomic mass is 16.3. The fourth-order valence-corrected chi connectivity index (χ4v) is 2.32. The number of nitrogens with zero attached hydrogens (tertiary/aromatic N) is 2. The Morgan fingerprint density at radius 1 is 1.40 bits per heavy atom. The maximum absolute atomic E-state index is 11.9. The third-order valence-corrected chi connectivity index (χ3v) is 3.73. The molecule has 2 rings (SSSR count). The van der Waals surface area contributed by atoms with Gasteiger partial charge in [0.25, 0.3) is 5.91 Å². The average molecular weight is 279 g/mol. The van der Waals surface area contributed by atoms with E-state index in [4.69, 9.17) is 0 Å². The number of rotatable bonds is 3. The Hall–Kier alpha value is -1.66. The van der Waals surface area contributed by atoms with E-state index in [1.54, 1.807) is 29.9 Å². The van der Waals surface area contributed by atoms with Crippen LogP contribution >= 0.6 is 0 Å². The number of carbonyl (C=O) groups excluding carboxylic acids is 2. The summed E-state index contributed by atoms with van der Waals surface area (Å²) in [5, 5.41) is 12.2. The van der Waals surface area contributed by atoms with Crippen LogP contribution in [0.5, 0.6) is 0 Å². The van der Waals surface area contributed by atoms with Gasteiger partial charge in [0.15, 0.2) is 0 Å². The van der Waals surface area contributed by atoms with Crippen molar-refractivity contribution in [1.29, 1.82) is 0 Å². The van der Waals surface area contributed by atoms with Gasteiger partial charge in [-0.3, -0.25) is 19.8 Å². The Kier molecular flexibility index (Phi) is 4.25. The van der Waals surface area contributed by atoms with Crippen LogP contribution in [0.3, 0.4) is 0 Å². The molecular formula is C14H21N3O3. The van der Waals surface area contributed by atoms with Crippen molar-refractivity contribution in [2.75, 3.05) is 19.6 Å². The molecule has 6 heteroatoms. The minimum Gasteiger partial charge on any atom is -0.390 e. The van der Waals surface area contributed by atoms with Crippen molar-refractivity contribution in [3.63, 3.8) is 0 Å². The number of nitrogens with one attached hydrogen (secondary N) is 1. The number of carbonyl (C=O) groups is 2. The van der Waals surface area contributed by atoms with Gasteiger partial charge in [0.2, 0.25) is 5.91 Å². The monoisotopic (exact) mass is 279 g/mol. The summed E-state index contributed by atoms with van der Waals surface area (Å²) in [7, 11) is 1.76. The zero-order valence-corrected chi connectivity index (χ0v) is 11.9. The van der Waals surface area contributed by atoms with Crippen molar-refractivity contribution in [1.82, 2.24) is 14.8 Å².